The minimum Gasteiger partial charge on any atom is -0.452 e. The van der Waals surface area contributed by atoms with E-state index in [1.807, 2.05) is 0 Å². The summed E-state index contributed by atoms with van der Waals surface area (Å²) in [5.74, 6) is 0.312. The smallest absolute Gasteiger partial charge is 0.168 e. The fourth-order valence-electron chi connectivity index (χ4n) is 1.49. The Morgan fingerprint density at radius 3 is 2.76 bits per heavy atom. The van der Waals surface area contributed by atoms with Gasteiger partial charge < -0.3 is 10.5 Å². The van der Waals surface area contributed by atoms with Crippen LogP contribution >= 0.6 is 0 Å². The van der Waals surface area contributed by atoms with Crippen molar-refractivity contribution in [3.63, 3.8) is 0 Å². The maximum Gasteiger partial charge on any atom is 0.168 e. The van der Waals surface area contributed by atoms with Gasteiger partial charge in [0, 0.05) is 12.7 Å². The lowest BCUT2D eigenvalue weighted by Crippen LogP contribution is -2.02. The first-order valence-corrected chi connectivity index (χ1v) is 5.29. The highest BCUT2D eigenvalue weighted by atomic mass is 19.1. The number of aromatic nitrogens is 1. The number of benzene rings is 1. The highest BCUT2D eigenvalue weighted by Crippen LogP contribution is 2.27. The molecule has 0 radical (unpaired) electrons. The van der Waals surface area contributed by atoms with E-state index in [0.29, 0.717) is 17.0 Å². The van der Waals surface area contributed by atoms with E-state index < -0.39 is 0 Å². The monoisotopic (exact) mass is 232 g/mol. The molecule has 0 spiro atoms. The molecule has 0 amide bonds. The zero-order valence-electron chi connectivity index (χ0n) is 9.48. The van der Waals surface area contributed by atoms with Gasteiger partial charge in [0.15, 0.2) is 11.6 Å². The molecule has 3 nitrogen and oxygen atoms in total. The molecular formula is C13H13FN2O. The van der Waals surface area contributed by atoms with E-state index in [1.165, 1.54) is 0 Å². The van der Waals surface area contributed by atoms with Gasteiger partial charge >= 0.3 is 0 Å². The largest absolute Gasteiger partial charge is 0.452 e. The normalized spacial score (nSPS) is 10.3. The molecule has 2 rings (SSSR count). The maximum absolute atomic E-state index is 13.7. The Morgan fingerprint density at radius 2 is 2.00 bits per heavy atom. The zero-order valence-corrected chi connectivity index (χ0v) is 9.48. The molecule has 1 heterocycles. The summed E-state index contributed by atoms with van der Waals surface area (Å²) in [6.45, 7) is 1.94. The van der Waals surface area contributed by atoms with Gasteiger partial charge in [-0.15, -0.1) is 0 Å². The van der Waals surface area contributed by atoms with Crippen LogP contribution in [0.2, 0.25) is 0 Å². The van der Waals surface area contributed by atoms with Crippen LogP contribution in [0.4, 0.5) is 4.39 Å². The number of rotatable bonds is 3. The number of nitrogens with two attached hydrogens (primary N) is 1. The molecule has 0 atom stereocenters. The van der Waals surface area contributed by atoms with Crippen LogP contribution in [-0.4, -0.2) is 4.98 Å². The number of aryl methyl sites for hydroxylation is 1. The van der Waals surface area contributed by atoms with Crippen molar-refractivity contribution >= 4 is 0 Å². The molecule has 1 aromatic carbocycles. The first-order chi connectivity index (χ1) is 8.22. The molecule has 4 heteroatoms. The lowest BCUT2D eigenvalue weighted by molar-refractivity contribution is 0.433. The summed E-state index contributed by atoms with van der Waals surface area (Å²) in [7, 11) is 0. The third kappa shape index (κ3) is 2.42. The van der Waals surface area contributed by atoms with E-state index in [-0.39, 0.29) is 18.1 Å². The van der Waals surface area contributed by atoms with Crippen molar-refractivity contribution in [3.8, 4) is 11.5 Å². The summed E-state index contributed by atoms with van der Waals surface area (Å²) >= 11 is 0. The van der Waals surface area contributed by atoms with Crippen molar-refractivity contribution in [2.75, 3.05) is 0 Å². The lowest BCUT2D eigenvalue weighted by atomic mass is 10.2. The summed E-state index contributed by atoms with van der Waals surface area (Å²) in [6.07, 6.45) is 1.63. The van der Waals surface area contributed by atoms with E-state index in [0.717, 1.165) is 0 Å². The van der Waals surface area contributed by atoms with Gasteiger partial charge in [-0.2, -0.15) is 0 Å². The van der Waals surface area contributed by atoms with Crippen LogP contribution in [0, 0.1) is 12.7 Å². The van der Waals surface area contributed by atoms with Crippen molar-refractivity contribution in [1.82, 2.24) is 4.98 Å². The average molecular weight is 232 g/mol. The summed E-state index contributed by atoms with van der Waals surface area (Å²) < 4.78 is 19.2. The van der Waals surface area contributed by atoms with Crippen LogP contribution in [0.15, 0.2) is 36.5 Å². The fraction of sp³-hybridized carbons (Fsp3) is 0.154. The second-order valence-electron chi connectivity index (χ2n) is 3.64. The number of halogens is 1. The number of hydrogen-bond acceptors (Lipinski definition) is 3. The molecule has 0 aliphatic rings. The molecule has 17 heavy (non-hydrogen) atoms. The maximum atomic E-state index is 13.7. The van der Waals surface area contributed by atoms with Crippen LogP contribution in [0.5, 0.6) is 11.5 Å². The Balaban J connectivity index is 2.35. The van der Waals surface area contributed by atoms with Crippen LogP contribution < -0.4 is 10.5 Å². The van der Waals surface area contributed by atoms with Crippen molar-refractivity contribution in [3.05, 3.63) is 53.6 Å². The molecule has 1 aromatic heterocycles. The first-order valence-electron chi connectivity index (χ1n) is 5.29. The third-order valence-electron chi connectivity index (χ3n) is 2.42. The molecule has 0 fully saturated rings. The van der Waals surface area contributed by atoms with Gasteiger partial charge in [-0.1, -0.05) is 12.1 Å². The predicted molar refractivity (Wildman–Crippen MR) is 63.3 cm³/mol. The van der Waals surface area contributed by atoms with Crippen molar-refractivity contribution in [2.24, 2.45) is 5.73 Å². The second kappa shape index (κ2) is 4.93. The summed E-state index contributed by atoms with van der Waals surface area (Å²) in [4.78, 5) is 4.07. The van der Waals surface area contributed by atoms with Crippen LogP contribution in [0.1, 0.15) is 11.3 Å². The van der Waals surface area contributed by atoms with Crippen molar-refractivity contribution < 1.29 is 9.13 Å². The molecule has 0 saturated heterocycles. The highest BCUT2D eigenvalue weighted by Gasteiger charge is 2.09. The van der Waals surface area contributed by atoms with Crippen molar-refractivity contribution in [2.45, 2.75) is 13.5 Å². The van der Waals surface area contributed by atoms with E-state index in [2.05, 4.69) is 4.98 Å². The Hall–Kier alpha value is -1.94. The number of pyridine rings is 1. The van der Waals surface area contributed by atoms with Gasteiger partial charge in [0.25, 0.3) is 0 Å². The average Bonchev–Trinajstić information content (AvgIpc) is 2.35. The minimum absolute atomic E-state index is 0.188. The van der Waals surface area contributed by atoms with Gasteiger partial charge in [-0.3, -0.25) is 4.98 Å². The Labute approximate surface area is 99.1 Å². The van der Waals surface area contributed by atoms with Crippen LogP contribution in [0.25, 0.3) is 0 Å². The van der Waals surface area contributed by atoms with Gasteiger partial charge in [-0.05, 0) is 30.7 Å². The fourth-order valence-corrected chi connectivity index (χ4v) is 1.49. The van der Waals surface area contributed by atoms with E-state index in [1.54, 1.807) is 43.5 Å². The van der Waals surface area contributed by atoms with Crippen LogP contribution in [-0.2, 0) is 6.54 Å². The molecule has 2 aromatic rings. The van der Waals surface area contributed by atoms with Crippen molar-refractivity contribution in [1.29, 1.82) is 0 Å². The van der Waals surface area contributed by atoms with E-state index in [4.69, 9.17) is 10.5 Å². The SMILES string of the molecule is Cc1cccc(Oc2cccnc2CN)c1F. The number of ether oxygens (including phenoxy) is 1. The Morgan fingerprint density at radius 1 is 1.24 bits per heavy atom. The quantitative estimate of drug-likeness (QED) is 0.885. The molecule has 2 N–H and O–H groups in total. The standard InChI is InChI=1S/C13H13FN2O/c1-9-4-2-5-12(13(9)14)17-11-6-3-7-16-10(11)8-15/h2-7H,8,15H2,1H3. The van der Waals surface area contributed by atoms with Gasteiger partial charge in [0.2, 0.25) is 0 Å². The Kier molecular flexibility index (Phi) is 3.35. The molecule has 0 saturated carbocycles. The van der Waals surface area contributed by atoms with Gasteiger partial charge in [0.1, 0.15) is 5.75 Å². The minimum atomic E-state index is -0.362. The second-order valence-corrected chi connectivity index (χ2v) is 3.64. The summed E-state index contributed by atoms with van der Waals surface area (Å²) in [5.41, 5.74) is 6.68. The molecule has 0 aliphatic heterocycles. The molecule has 0 unspecified atom stereocenters. The highest BCUT2D eigenvalue weighted by molar-refractivity contribution is 5.36. The lowest BCUT2D eigenvalue weighted by Gasteiger charge is -2.10. The van der Waals surface area contributed by atoms with E-state index in [9.17, 15) is 4.39 Å². The molecule has 0 aliphatic carbocycles. The third-order valence-corrected chi connectivity index (χ3v) is 2.42. The predicted octanol–water partition coefficient (Wildman–Crippen LogP) is 2.78. The molecular weight excluding hydrogens is 219 g/mol. The Bertz CT molecular complexity index is 529. The zero-order chi connectivity index (χ0) is 12.3. The van der Waals surface area contributed by atoms with E-state index >= 15 is 0 Å². The number of hydrogen-bond donors (Lipinski definition) is 1. The van der Waals surface area contributed by atoms with Crippen LogP contribution in [0.3, 0.4) is 0 Å². The molecule has 88 valence electrons. The van der Waals surface area contributed by atoms with Gasteiger partial charge in [-0.25, -0.2) is 4.39 Å². The topological polar surface area (TPSA) is 48.1 Å². The van der Waals surface area contributed by atoms with Gasteiger partial charge in [0.05, 0.1) is 5.69 Å². The summed E-state index contributed by atoms with van der Waals surface area (Å²) in [6, 6.07) is 8.45. The molecule has 0 bridgehead atoms. The summed E-state index contributed by atoms with van der Waals surface area (Å²) in [5, 5.41) is 0. The first kappa shape index (κ1) is 11.5. The number of nitrogens with zero attached hydrogens (tertiary/aromatic N) is 1.